The summed E-state index contributed by atoms with van der Waals surface area (Å²) in [5.41, 5.74) is 3.52. The van der Waals surface area contributed by atoms with Crippen LogP contribution in [0.4, 0.5) is 11.4 Å². The standard InChI is InChI=1S/C17H17ClN2O3S/c1-11-3-5-15(14(18)9-11)19-17(21)13-4-6-16-12(10-13)7-8-20(16)24(2,22)23/h3-6,9-10H,7-8H2,1-2H3,(H,19,21). The molecule has 2 aromatic rings. The van der Waals surface area contributed by atoms with Gasteiger partial charge in [-0.2, -0.15) is 0 Å². The molecule has 2 aromatic carbocycles. The van der Waals surface area contributed by atoms with Crippen LogP contribution in [-0.4, -0.2) is 27.1 Å². The largest absolute Gasteiger partial charge is 0.321 e. The molecule has 0 spiro atoms. The number of sulfonamides is 1. The predicted molar refractivity (Wildman–Crippen MR) is 96.5 cm³/mol. The van der Waals surface area contributed by atoms with Crippen LogP contribution in [0, 0.1) is 6.92 Å². The van der Waals surface area contributed by atoms with Crippen LogP contribution < -0.4 is 9.62 Å². The molecule has 1 heterocycles. The topological polar surface area (TPSA) is 66.5 Å². The number of carbonyl (C=O) groups excluding carboxylic acids is 1. The third-order valence-electron chi connectivity index (χ3n) is 3.97. The van der Waals surface area contributed by atoms with Gasteiger partial charge >= 0.3 is 0 Å². The van der Waals surface area contributed by atoms with Crippen molar-refractivity contribution in [3.05, 3.63) is 58.1 Å². The van der Waals surface area contributed by atoms with E-state index < -0.39 is 10.0 Å². The first-order valence-corrected chi connectivity index (χ1v) is 9.66. The summed E-state index contributed by atoms with van der Waals surface area (Å²) in [6.07, 6.45) is 1.77. The highest BCUT2D eigenvalue weighted by atomic mass is 35.5. The fourth-order valence-corrected chi connectivity index (χ4v) is 4.01. The third-order valence-corrected chi connectivity index (χ3v) is 5.46. The molecular formula is C17H17ClN2O3S. The highest BCUT2D eigenvalue weighted by Crippen LogP contribution is 2.31. The third kappa shape index (κ3) is 3.25. The number of fused-ring (bicyclic) bond motifs is 1. The zero-order valence-electron chi connectivity index (χ0n) is 13.3. The highest BCUT2D eigenvalue weighted by molar-refractivity contribution is 7.92. The zero-order valence-corrected chi connectivity index (χ0v) is 14.9. The number of nitrogens with zero attached hydrogens (tertiary/aromatic N) is 1. The summed E-state index contributed by atoms with van der Waals surface area (Å²) in [7, 11) is -3.29. The van der Waals surface area contributed by atoms with Gasteiger partial charge in [-0.25, -0.2) is 8.42 Å². The van der Waals surface area contributed by atoms with E-state index in [2.05, 4.69) is 5.32 Å². The maximum Gasteiger partial charge on any atom is 0.255 e. The fraction of sp³-hybridized carbons (Fsp3) is 0.235. The van der Waals surface area contributed by atoms with Crippen molar-refractivity contribution in [2.45, 2.75) is 13.3 Å². The molecule has 7 heteroatoms. The molecule has 0 unspecified atom stereocenters. The molecule has 0 atom stereocenters. The van der Waals surface area contributed by atoms with Gasteiger partial charge in [0.2, 0.25) is 10.0 Å². The van der Waals surface area contributed by atoms with Gasteiger partial charge in [-0.15, -0.1) is 0 Å². The predicted octanol–water partition coefficient (Wildman–Crippen LogP) is 3.22. The van der Waals surface area contributed by atoms with Gasteiger partial charge in [-0.05, 0) is 54.8 Å². The molecule has 0 radical (unpaired) electrons. The molecule has 0 bridgehead atoms. The minimum atomic E-state index is -3.29. The van der Waals surface area contributed by atoms with Gasteiger partial charge in [-0.3, -0.25) is 9.10 Å². The van der Waals surface area contributed by atoms with Gasteiger partial charge in [0, 0.05) is 12.1 Å². The molecular weight excluding hydrogens is 348 g/mol. The van der Waals surface area contributed by atoms with Crippen LogP contribution in [0.25, 0.3) is 0 Å². The summed E-state index contributed by atoms with van der Waals surface area (Å²) in [5, 5.41) is 3.26. The van der Waals surface area contributed by atoms with Gasteiger partial charge in [-0.1, -0.05) is 17.7 Å². The van der Waals surface area contributed by atoms with Gasteiger partial charge in [0.1, 0.15) is 0 Å². The van der Waals surface area contributed by atoms with Gasteiger partial charge in [0.25, 0.3) is 5.91 Å². The first kappa shape index (κ1) is 16.8. The molecule has 1 aliphatic heterocycles. The molecule has 1 amide bonds. The quantitative estimate of drug-likeness (QED) is 0.909. The average molecular weight is 365 g/mol. The number of carbonyl (C=O) groups is 1. The smallest absolute Gasteiger partial charge is 0.255 e. The molecule has 5 nitrogen and oxygen atoms in total. The molecule has 24 heavy (non-hydrogen) atoms. The summed E-state index contributed by atoms with van der Waals surface area (Å²) in [6.45, 7) is 2.33. The number of anilines is 2. The van der Waals surface area contributed by atoms with E-state index in [9.17, 15) is 13.2 Å². The van der Waals surface area contributed by atoms with Crippen molar-refractivity contribution in [1.29, 1.82) is 0 Å². The number of halogens is 1. The van der Waals surface area contributed by atoms with Crippen LogP contribution in [-0.2, 0) is 16.4 Å². The number of hydrogen-bond acceptors (Lipinski definition) is 3. The van der Waals surface area contributed by atoms with E-state index in [-0.39, 0.29) is 5.91 Å². The van der Waals surface area contributed by atoms with E-state index >= 15 is 0 Å². The van der Waals surface area contributed by atoms with Gasteiger partial charge < -0.3 is 5.32 Å². The Morgan fingerprint density at radius 2 is 1.96 bits per heavy atom. The first-order chi connectivity index (χ1) is 11.3. The van der Waals surface area contributed by atoms with Gasteiger partial charge in [0.15, 0.2) is 0 Å². The molecule has 0 aliphatic carbocycles. The SMILES string of the molecule is Cc1ccc(NC(=O)c2ccc3c(c2)CCN3S(C)(=O)=O)c(Cl)c1. The van der Waals surface area contributed by atoms with E-state index in [1.807, 2.05) is 13.0 Å². The second-order valence-electron chi connectivity index (χ2n) is 5.87. The maximum atomic E-state index is 12.4. The Labute approximate surface area is 146 Å². The van der Waals surface area contributed by atoms with Crippen LogP contribution in [0.15, 0.2) is 36.4 Å². The number of rotatable bonds is 3. The molecule has 1 aliphatic rings. The van der Waals surface area contributed by atoms with Crippen molar-refractivity contribution in [3.8, 4) is 0 Å². The van der Waals surface area contributed by atoms with Crippen molar-refractivity contribution in [2.24, 2.45) is 0 Å². The van der Waals surface area contributed by atoms with Crippen LogP contribution in [0.1, 0.15) is 21.5 Å². The van der Waals surface area contributed by atoms with Crippen molar-refractivity contribution in [2.75, 3.05) is 22.4 Å². The molecule has 0 aromatic heterocycles. The average Bonchev–Trinajstić information content (AvgIpc) is 2.93. The number of hydrogen-bond donors (Lipinski definition) is 1. The van der Waals surface area contributed by atoms with E-state index in [4.69, 9.17) is 11.6 Å². The van der Waals surface area contributed by atoms with Crippen molar-refractivity contribution >= 4 is 38.9 Å². The Morgan fingerprint density at radius 1 is 1.21 bits per heavy atom. The first-order valence-electron chi connectivity index (χ1n) is 7.44. The van der Waals surface area contributed by atoms with Crippen LogP contribution in [0.3, 0.4) is 0 Å². The van der Waals surface area contributed by atoms with E-state index in [1.165, 1.54) is 10.6 Å². The normalized spacial score (nSPS) is 13.7. The Bertz CT molecular complexity index is 925. The second-order valence-corrected chi connectivity index (χ2v) is 8.18. The van der Waals surface area contributed by atoms with Gasteiger partial charge in [0.05, 0.1) is 22.7 Å². The highest BCUT2D eigenvalue weighted by Gasteiger charge is 2.26. The van der Waals surface area contributed by atoms with Crippen LogP contribution >= 0.6 is 11.6 Å². The van der Waals surface area contributed by atoms with E-state index in [0.717, 1.165) is 11.1 Å². The monoisotopic (exact) mass is 364 g/mol. The Morgan fingerprint density at radius 3 is 2.62 bits per heavy atom. The molecule has 1 N–H and O–H groups in total. The number of amides is 1. The lowest BCUT2D eigenvalue weighted by atomic mass is 10.1. The summed E-state index contributed by atoms with van der Waals surface area (Å²) in [5.74, 6) is -0.277. The van der Waals surface area contributed by atoms with Crippen LogP contribution in [0.2, 0.25) is 5.02 Å². The molecule has 0 saturated carbocycles. The lowest BCUT2D eigenvalue weighted by Gasteiger charge is -2.16. The lowest BCUT2D eigenvalue weighted by molar-refractivity contribution is 0.102. The Balaban J connectivity index is 1.85. The second kappa shape index (κ2) is 6.11. The zero-order chi connectivity index (χ0) is 17.5. The summed E-state index contributed by atoms with van der Waals surface area (Å²) in [6, 6.07) is 10.4. The fourth-order valence-electron chi connectivity index (χ4n) is 2.77. The number of benzene rings is 2. The molecule has 0 saturated heterocycles. The van der Waals surface area contributed by atoms with Crippen LogP contribution in [0.5, 0.6) is 0 Å². The van der Waals surface area contributed by atoms with E-state index in [1.54, 1.807) is 30.3 Å². The minimum Gasteiger partial charge on any atom is -0.321 e. The number of aryl methyl sites for hydroxylation is 1. The van der Waals surface area contributed by atoms with Crippen molar-refractivity contribution < 1.29 is 13.2 Å². The van der Waals surface area contributed by atoms with E-state index in [0.29, 0.717) is 34.9 Å². The Hall–Kier alpha value is -2.05. The molecule has 126 valence electrons. The van der Waals surface area contributed by atoms with Crippen molar-refractivity contribution in [1.82, 2.24) is 0 Å². The summed E-state index contributed by atoms with van der Waals surface area (Å²) < 4.78 is 24.9. The molecule has 0 fully saturated rings. The number of nitrogens with one attached hydrogen (secondary N) is 1. The summed E-state index contributed by atoms with van der Waals surface area (Å²) >= 11 is 6.14. The Kier molecular flexibility index (Phi) is 4.27. The molecule has 3 rings (SSSR count). The lowest BCUT2D eigenvalue weighted by Crippen LogP contribution is -2.27. The summed E-state index contributed by atoms with van der Waals surface area (Å²) in [4.78, 5) is 12.4. The maximum absolute atomic E-state index is 12.4. The van der Waals surface area contributed by atoms with Crippen molar-refractivity contribution in [3.63, 3.8) is 0 Å². The minimum absolute atomic E-state index is 0.277.